The summed E-state index contributed by atoms with van der Waals surface area (Å²) in [6, 6.07) is 3.83. The Morgan fingerprint density at radius 1 is 1.43 bits per heavy atom. The van der Waals surface area contributed by atoms with Crippen molar-refractivity contribution in [2.45, 2.75) is 0 Å². The van der Waals surface area contributed by atoms with Crippen molar-refractivity contribution in [2.24, 2.45) is 5.10 Å². The Morgan fingerprint density at radius 2 is 2.17 bits per heavy atom. The number of phenols is 1. The maximum Gasteiger partial charge on any atom is 0.312 e. The Hall–Kier alpha value is -2.52. The number of aromatic nitrogens is 1. The normalized spacial score (nSPS) is 10.7. The molecule has 0 aliphatic rings. The van der Waals surface area contributed by atoms with Gasteiger partial charge in [-0.15, -0.1) is 0 Å². The molecule has 0 bridgehead atoms. The summed E-state index contributed by atoms with van der Waals surface area (Å²) in [7, 11) is 0. The summed E-state index contributed by atoms with van der Waals surface area (Å²) in [6.45, 7) is 0. The van der Waals surface area contributed by atoms with E-state index in [0.29, 0.717) is 4.47 Å². The molecule has 1 aromatic carbocycles. The van der Waals surface area contributed by atoms with E-state index in [4.69, 9.17) is 11.6 Å². The van der Waals surface area contributed by atoms with Crippen LogP contribution in [-0.2, 0) is 0 Å². The van der Waals surface area contributed by atoms with Crippen LogP contribution in [0.25, 0.3) is 0 Å². The van der Waals surface area contributed by atoms with Crippen LogP contribution in [0.5, 0.6) is 5.75 Å². The number of benzene rings is 1. The summed E-state index contributed by atoms with van der Waals surface area (Å²) in [5.41, 5.74) is 1.92. The van der Waals surface area contributed by atoms with Crippen molar-refractivity contribution in [3.63, 3.8) is 0 Å². The fraction of sp³-hybridized carbons (Fsp3) is 0. The Labute approximate surface area is 143 Å². The fourth-order valence-electron chi connectivity index (χ4n) is 1.60. The summed E-state index contributed by atoms with van der Waals surface area (Å²) in [4.78, 5) is 25.7. The number of aromatic hydroxyl groups is 1. The van der Waals surface area contributed by atoms with Gasteiger partial charge < -0.3 is 5.11 Å². The van der Waals surface area contributed by atoms with E-state index in [1.165, 1.54) is 18.5 Å². The highest BCUT2D eigenvalue weighted by Crippen LogP contribution is 2.32. The molecule has 118 valence electrons. The molecule has 0 saturated carbocycles. The lowest BCUT2D eigenvalue weighted by Crippen LogP contribution is -2.17. The summed E-state index contributed by atoms with van der Waals surface area (Å²) >= 11 is 8.92. The molecule has 0 atom stereocenters. The Morgan fingerprint density at radius 3 is 2.83 bits per heavy atom. The SMILES string of the molecule is O=C(NN=Cc1cc(Cl)cc([N+](=O)[O-])c1O)c1cncc(Br)c1. The molecule has 1 aromatic heterocycles. The van der Waals surface area contributed by atoms with Gasteiger partial charge in [0.05, 0.1) is 16.7 Å². The van der Waals surface area contributed by atoms with E-state index >= 15 is 0 Å². The first kappa shape index (κ1) is 16.8. The van der Waals surface area contributed by atoms with Gasteiger partial charge in [0.25, 0.3) is 5.91 Å². The third-order valence-corrected chi connectivity index (χ3v) is 3.27. The van der Waals surface area contributed by atoms with E-state index < -0.39 is 22.3 Å². The zero-order valence-corrected chi connectivity index (χ0v) is 13.6. The molecule has 0 aliphatic carbocycles. The van der Waals surface area contributed by atoms with E-state index in [1.54, 1.807) is 6.07 Å². The molecule has 2 rings (SSSR count). The zero-order chi connectivity index (χ0) is 17.0. The van der Waals surface area contributed by atoms with Crippen LogP contribution in [0.15, 0.2) is 40.2 Å². The number of phenolic OH excluding ortho intramolecular Hbond substituents is 1. The van der Waals surface area contributed by atoms with Crippen molar-refractivity contribution in [1.29, 1.82) is 0 Å². The Bertz CT molecular complexity index is 813. The monoisotopic (exact) mass is 398 g/mol. The number of hydrogen-bond donors (Lipinski definition) is 2. The average Bonchev–Trinajstić information content (AvgIpc) is 2.49. The lowest BCUT2D eigenvalue weighted by atomic mass is 10.2. The van der Waals surface area contributed by atoms with Crippen LogP contribution in [0, 0.1) is 10.1 Å². The maximum absolute atomic E-state index is 11.8. The van der Waals surface area contributed by atoms with E-state index in [2.05, 4.69) is 31.4 Å². The molecule has 0 aliphatic heterocycles. The van der Waals surface area contributed by atoms with Gasteiger partial charge in [0.1, 0.15) is 0 Å². The molecule has 0 unspecified atom stereocenters. The molecule has 0 fully saturated rings. The standard InChI is InChI=1S/C13H8BrClN4O4/c14-9-1-8(4-16-6-9)13(21)18-17-5-7-2-10(15)3-11(12(7)20)19(22)23/h1-6,20H,(H,18,21). The minimum Gasteiger partial charge on any atom is -0.502 e. The van der Waals surface area contributed by atoms with Crippen molar-refractivity contribution >= 4 is 45.3 Å². The predicted molar refractivity (Wildman–Crippen MR) is 86.8 cm³/mol. The molecular weight excluding hydrogens is 392 g/mol. The molecule has 2 aromatic rings. The Kier molecular flexibility index (Phi) is 5.24. The Balaban J connectivity index is 2.18. The van der Waals surface area contributed by atoms with Crippen molar-refractivity contribution in [2.75, 3.05) is 0 Å². The number of carbonyl (C=O) groups is 1. The number of carbonyl (C=O) groups excluding carboxylic acids is 1. The molecule has 0 spiro atoms. The van der Waals surface area contributed by atoms with Crippen LogP contribution in [-0.4, -0.2) is 27.1 Å². The number of hydrogen-bond acceptors (Lipinski definition) is 6. The number of nitrogens with one attached hydrogen (secondary N) is 1. The predicted octanol–water partition coefficient (Wildman–Crippen LogP) is 2.88. The van der Waals surface area contributed by atoms with Gasteiger partial charge in [-0.1, -0.05) is 11.6 Å². The number of nitro benzene ring substituents is 1. The van der Waals surface area contributed by atoms with E-state index in [1.807, 2.05) is 0 Å². The van der Waals surface area contributed by atoms with Crippen LogP contribution in [0.4, 0.5) is 5.69 Å². The highest BCUT2D eigenvalue weighted by molar-refractivity contribution is 9.10. The third kappa shape index (κ3) is 4.24. The van der Waals surface area contributed by atoms with Gasteiger partial charge in [-0.05, 0) is 28.1 Å². The minimum absolute atomic E-state index is 0.00290. The van der Waals surface area contributed by atoms with Crippen molar-refractivity contribution in [3.05, 3.63) is 61.3 Å². The van der Waals surface area contributed by atoms with Crippen LogP contribution < -0.4 is 5.43 Å². The van der Waals surface area contributed by atoms with Gasteiger partial charge in [0.2, 0.25) is 5.75 Å². The van der Waals surface area contributed by atoms with Crippen molar-refractivity contribution in [3.8, 4) is 5.75 Å². The summed E-state index contributed by atoms with van der Waals surface area (Å²) in [6.07, 6.45) is 3.91. The topological polar surface area (TPSA) is 118 Å². The van der Waals surface area contributed by atoms with Crippen LogP contribution >= 0.6 is 27.5 Å². The van der Waals surface area contributed by atoms with Gasteiger partial charge in [0.15, 0.2) is 0 Å². The van der Waals surface area contributed by atoms with Crippen LogP contribution in [0.3, 0.4) is 0 Å². The van der Waals surface area contributed by atoms with E-state index in [-0.39, 0.29) is 16.1 Å². The van der Waals surface area contributed by atoms with Gasteiger partial charge in [-0.3, -0.25) is 19.9 Å². The van der Waals surface area contributed by atoms with Crippen molar-refractivity contribution in [1.82, 2.24) is 10.4 Å². The molecule has 10 heteroatoms. The first-order valence-electron chi connectivity index (χ1n) is 5.99. The molecule has 1 heterocycles. The van der Waals surface area contributed by atoms with Gasteiger partial charge >= 0.3 is 5.69 Å². The lowest BCUT2D eigenvalue weighted by Gasteiger charge is -2.02. The maximum atomic E-state index is 11.8. The van der Waals surface area contributed by atoms with Crippen molar-refractivity contribution < 1.29 is 14.8 Å². The van der Waals surface area contributed by atoms with Crippen LogP contribution in [0.2, 0.25) is 5.02 Å². The highest BCUT2D eigenvalue weighted by atomic mass is 79.9. The number of hydrazone groups is 1. The molecule has 0 saturated heterocycles. The number of amides is 1. The first-order chi connectivity index (χ1) is 10.9. The average molecular weight is 400 g/mol. The minimum atomic E-state index is -0.774. The molecule has 8 nitrogen and oxygen atoms in total. The van der Waals surface area contributed by atoms with Gasteiger partial charge in [-0.2, -0.15) is 5.10 Å². The summed E-state index contributed by atoms with van der Waals surface area (Å²) in [5, 5.41) is 24.3. The summed E-state index contributed by atoms with van der Waals surface area (Å²) in [5.74, 6) is -1.13. The second-order valence-corrected chi connectivity index (χ2v) is 5.56. The fourth-order valence-corrected chi connectivity index (χ4v) is 2.19. The molecule has 23 heavy (non-hydrogen) atoms. The smallest absolute Gasteiger partial charge is 0.312 e. The lowest BCUT2D eigenvalue weighted by molar-refractivity contribution is -0.385. The number of nitrogens with zero attached hydrogens (tertiary/aromatic N) is 3. The molecule has 0 radical (unpaired) electrons. The number of nitro groups is 1. The highest BCUT2D eigenvalue weighted by Gasteiger charge is 2.17. The van der Waals surface area contributed by atoms with Gasteiger partial charge in [0, 0.05) is 33.5 Å². The third-order valence-electron chi connectivity index (χ3n) is 2.62. The quantitative estimate of drug-likeness (QED) is 0.465. The largest absolute Gasteiger partial charge is 0.502 e. The van der Waals surface area contributed by atoms with Crippen LogP contribution in [0.1, 0.15) is 15.9 Å². The van der Waals surface area contributed by atoms with Gasteiger partial charge in [-0.25, -0.2) is 5.43 Å². The molecular formula is C13H8BrClN4O4. The van der Waals surface area contributed by atoms with E-state index in [9.17, 15) is 20.0 Å². The van der Waals surface area contributed by atoms with E-state index in [0.717, 1.165) is 12.3 Å². The first-order valence-corrected chi connectivity index (χ1v) is 7.16. The number of pyridine rings is 1. The number of rotatable bonds is 4. The second kappa shape index (κ2) is 7.16. The number of halogens is 2. The molecule has 1 amide bonds. The zero-order valence-electron chi connectivity index (χ0n) is 11.2. The molecule has 2 N–H and O–H groups in total. The second-order valence-electron chi connectivity index (χ2n) is 4.21. The summed E-state index contributed by atoms with van der Waals surface area (Å²) < 4.78 is 0.622.